The van der Waals surface area contributed by atoms with Crippen molar-refractivity contribution in [2.75, 3.05) is 60.0 Å². The number of benzene rings is 2. The van der Waals surface area contributed by atoms with Crippen LogP contribution in [0.15, 0.2) is 58.1 Å². The second-order valence-corrected chi connectivity index (χ2v) is 11.9. The summed E-state index contributed by atoms with van der Waals surface area (Å²) in [5.74, 6) is 1.63. The van der Waals surface area contributed by atoms with Crippen LogP contribution in [0.4, 0.5) is 0 Å². The van der Waals surface area contributed by atoms with Gasteiger partial charge in [-0.2, -0.15) is 9.97 Å². The Labute approximate surface area is 281 Å². The number of rotatable bonds is 7. The summed E-state index contributed by atoms with van der Waals surface area (Å²) in [6.45, 7) is 5.02. The van der Waals surface area contributed by atoms with Crippen LogP contribution in [0.5, 0.6) is 23.3 Å². The van der Waals surface area contributed by atoms with Crippen LogP contribution in [0, 0.1) is 0 Å². The van der Waals surface area contributed by atoms with Crippen molar-refractivity contribution in [3.63, 3.8) is 0 Å². The van der Waals surface area contributed by atoms with Gasteiger partial charge in [-0.15, -0.1) is 0 Å². The van der Waals surface area contributed by atoms with E-state index < -0.39 is 0 Å². The maximum Gasteiger partial charge on any atom is 0.351 e. The van der Waals surface area contributed by atoms with Gasteiger partial charge >= 0.3 is 11.4 Å². The molecular weight excluding hydrogens is 636 g/mol. The molecule has 258 valence electrons. The van der Waals surface area contributed by atoms with E-state index in [0.717, 1.165) is 45.8 Å². The van der Waals surface area contributed by atoms with E-state index in [1.165, 1.54) is 0 Å². The average molecular weight is 675 g/mol. The van der Waals surface area contributed by atoms with Crippen LogP contribution in [-0.2, 0) is 44.9 Å². The van der Waals surface area contributed by atoms with Gasteiger partial charge in [-0.1, -0.05) is 0 Å². The minimum atomic E-state index is -0.331. The predicted octanol–water partition coefficient (Wildman–Crippen LogP) is 2.24. The quantitative estimate of drug-likeness (QED) is 0.306. The maximum atomic E-state index is 12.4. The predicted molar refractivity (Wildman–Crippen MR) is 176 cm³/mol. The van der Waals surface area contributed by atoms with Crippen molar-refractivity contribution in [3.8, 4) is 45.8 Å². The van der Waals surface area contributed by atoms with Crippen molar-refractivity contribution in [3.05, 3.63) is 80.6 Å². The molecule has 2 aromatic carbocycles. The number of nitrogens with zero attached hydrogens (tertiary/aromatic N) is 4. The summed E-state index contributed by atoms with van der Waals surface area (Å²) in [5.41, 5.74) is 5.04. The molecule has 0 aliphatic carbocycles. The molecule has 2 aromatic heterocycles. The third kappa shape index (κ3) is 7.47. The number of fused-ring (bicyclic) bond motifs is 6. The normalized spacial score (nSPS) is 19.2. The van der Waals surface area contributed by atoms with Gasteiger partial charge in [0.15, 0.2) is 0 Å². The van der Waals surface area contributed by atoms with Gasteiger partial charge in [0.05, 0.1) is 58.1 Å². The minimum Gasteiger partial charge on any atom is -0.508 e. The molecule has 6 heterocycles. The van der Waals surface area contributed by atoms with Crippen LogP contribution < -0.4 is 25.6 Å². The third-order valence-corrected chi connectivity index (χ3v) is 8.74. The van der Waals surface area contributed by atoms with E-state index >= 15 is 0 Å². The van der Waals surface area contributed by atoms with Crippen molar-refractivity contribution >= 4 is 0 Å². The highest BCUT2D eigenvalue weighted by Crippen LogP contribution is 2.33. The number of aromatic hydroxyl groups is 1. The Morgan fingerprint density at radius 3 is 1.78 bits per heavy atom. The maximum absolute atomic E-state index is 12.4. The lowest BCUT2D eigenvalue weighted by molar-refractivity contribution is -0.102. The van der Waals surface area contributed by atoms with Crippen LogP contribution in [0.2, 0.25) is 0 Å². The van der Waals surface area contributed by atoms with E-state index in [-0.39, 0.29) is 35.2 Å². The summed E-state index contributed by atoms with van der Waals surface area (Å²) in [6, 6.07) is 14.6. The van der Waals surface area contributed by atoms with Crippen LogP contribution >= 0.6 is 0 Å². The number of hydrogen-bond donors (Lipinski definition) is 1. The number of phenolic OH excluding ortho intramolecular Hbond substituents is 1. The zero-order chi connectivity index (χ0) is 33.7. The van der Waals surface area contributed by atoms with Gasteiger partial charge in [0.2, 0.25) is 11.8 Å². The first-order valence-electron chi connectivity index (χ1n) is 16.3. The molecule has 0 unspecified atom stereocenters. The number of ether oxygens (including phenoxy) is 7. The Morgan fingerprint density at radius 2 is 1.27 bits per heavy atom. The molecule has 0 bridgehead atoms. The van der Waals surface area contributed by atoms with Crippen molar-refractivity contribution < 1.29 is 38.3 Å². The largest absolute Gasteiger partial charge is 0.508 e. The fourth-order valence-corrected chi connectivity index (χ4v) is 6.27. The number of hydrogen-bond acceptors (Lipinski definition) is 12. The molecule has 14 nitrogen and oxygen atoms in total. The number of aromatic nitrogens is 4. The number of aryl methyl sites for hydroxylation is 2. The molecule has 0 radical (unpaired) electrons. The van der Waals surface area contributed by atoms with Crippen molar-refractivity contribution in [2.24, 2.45) is 0 Å². The van der Waals surface area contributed by atoms with E-state index in [1.54, 1.807) is 34.4 Å². The van der Waals surface area contributed by atoms with Crippen LogP contribution in [0.3, 0.4) is 0 Å². The number of phenols is 1. The lowest BCUT2D eigenvalue weighted by Gasteiger charge is -2.24. The van der Waals surface area contributed by atoms with Crippen LogP contribution in [0.1, 0.15) is 11.1 Å². The molecular formula is C35H38N4O10. The first kappa shape index (κ1) is 32.8. The van der Waals surface area contributed by atoms with Gasteiger partial charge < -0.3 is 38.3 Å². The first-order chi connectivity index (χ1) is 23.9. The second kappa shape index (κ2) is 14.8. The summed E-state index contributed by atoms with van der Waals surface area (Å²) in [4.78, 5) is 32.7. The summed E-state index contributed by atoms with van der Waals surface area (Å²) in [6.07, 6.45) is 1.18. The summed E-state index contributed by atoms with van der Waals surface area (Å²) < 4.78 is 41.7. The molecule has 2 fully saturated rings. The molecule has 0 saturated carbocycles. The standard InChI is InChI=1S/C18H20N2O5.C17H18N2O5/c1-22-13-2-3-15-12(8-13)4-5-20-16(15)9-17(19-18(20)21)25-11-14-10-23-6-7-24-14;20-12-1-2-14-11(7-12)3-4-19-15(14)8-16(18-17(19)21)24-10-13-9-22-5-6-23-13/h2-3,8-9,14H,4-7,10-11H2,1H3;1-2,7-8,13,20H,3-6,9-10H2/t14-;13-/m00/s1. The highest BCUT2D eigenvalue weighted by Gasteiger charge is 2.23. The van der Waals surface area contributed by atoms with Crippen molar-refractivity contribution in [1.29, 1.82) is 0 Å². The molecule has 0 spiro atoms. The van der Waals surface area contributed by atoms with Gasteiger partial charge in [0.25, 0.3) is 0 Å². The van der Waals surface area contributed by atoms with Crippen LogP contribution in [0.25, 0.3) is 22.5 Å². The second-order valence-electron chi connectivity index (χ2n) is 11.9. The van der Waals surface area contributed by atoms with Crippen LogP contribution in [-0.4, -0.2) is 96.4 Å². The van der Waals surface area contributed by atoms with E-state index in [2.05, 4.69) is 9.97 Å². The van der Waals surface area contributed by atoms with E-state index in [1.807, 2.05) is 30.3 Å². The summed E-state index contributed by atoms with van der Waals surface area (Å²) in [7, 11) is 1.65. The van der Waals surface area contributed by atoms with Gasteiger partial charge in [0, 0.05) is 36.3 Å². The Balaban J connectivity index is 0.000000154. The van der Waals surface area contributed by atoms with Crippen molar-refractivity contribution in [2.45, 2.75) is 38.1 Å². The Hall–Kier alpha value is -4.76. The minimum absolute atomic E-state index is 0.133. The molecule has 2 atom stereocenters. The zero-order valence-corrected chi connectivity index (χ0v) is 27.2. The Bertz CT molecular complexity index is 1910. The van der Waals surface area contributed by atoms with Gasteiger partial charge in [-0.3, -0.25) is 9.13 Å². The molecule has 49 heavy (non-hydrogen) atoms. The van der Waals surface area contributed by atoms with Gasteiger partial charge in [-0.25, -0.2) is 9.59 Å². The van der Waals surface area contributed by atoms with E-state index in [4.69, 9.17) is 33.2 Å². The SMILES string of the molecule is COc1ccc2c(c1)CCn1c-2cc(OC[C@@H]2COCCO2)nc1=O.O=c1nc(OC[C@@H]2COCCO2)cc2n1CCc1cc(O)ccc1-2. The van der Waals surface area contributed by atoms with E-state index in [9.17, 15) is 14.7 Å². The Kier molecular flexibility index (Phi) is 9.89. The molecule has 4 aliphatic rings. The average Bonchev–Trinajstić information content (AvgIpc) is 3.13. The lowest BCUT2D eigenvalue weighted by Crippen LogP contribution is -2.34. The third-order valence-electron chi connectivity index (χ3n) is 8.74. The highest BCUT2D eigenvalue weighted by molar-refractivity contribution is 5.68. The monoisotopic (exact) mass is 674 g/mol. The topological polar surface area (TPSA) is 155 Å². The molecule has 1 N–H and O–H groups in total. The fraction of sp³-hybridized carbons (Fsp3) is 0.429. The molecule has 4 aliphatic heterocycles. The smallest absolute Gasteiger partial charge is 0.351 e. The van der Waals surface area contributed by atoms with Gasteiger partial charge in [-0.05, 0) is 60.4 Å². The fourth-order valence-electron chi connectivity index (χ4n) is 6.27. The lowest BCUT2D eigenvalue weighted by atomic mass is 9.97. The summed E-state index contributed by atoms with van der Waals surface area (Å²) >= 11 is 0. The van der Waals surface area contributed by atoms with E-state index in [0.29, 0.717) is 78.2 Å². The zero-order valence-electron chi connectivity index (χ0n) is 27.2. The Morgan fingerprint density at radius 1 is 0.735 bits per heavy atom. The molecule has 2 saturated heterocycles. The molecule has 4 aromatic rings. The molecule has 8 rings (SSSR count). The molecule has 0 amide bonds. The first-order valence-corrected chi connectivity index (χ1v) is 16.3. The van der Waals surface area contributed by atoms with Gasteiger partial charge in [0.1, 0.15) is 36.9 Å². The molecule has 14 heteroatoms. The number of methoxy groups -OCH3 is 1. The van der Waals surface area contributed by atoms with Crippen molar-refractivity contribution in [1.82, 2.24) is 19.1 Å². The summed E-state index contributed by atoms with van der Waals surface area (Å²) in [5, 5.41) is 9.64. The highest BCUT2D eigenvalue weighted by atomic mass is 16.6.